The zero-order valence-electron chi connectivity index (χ0n) is 22.0. The molecule has 0 radical (unpaired) electrons. The molecule has 3 N–H and O–H groups in total. The Hall–Kier alpha value is -4.68. The van der Waals surface area contributed by atoms with Gasteiger partial charge in [0, 0.05) is 34.7 Å². The van der Waals surface area contributed by atoms with Gasteiger partial charge in [-0.2, -0.15) is 5.10 Å². The van der Waals surface area contributed by atoms with Crippen molar-refractivity contribution in [3.63, 3.8) is 0 Å². The van der Waals surface area contributed by atoms with Crippen LogP contribution in [0.1, 0.15) is 52.7 Å². The average molecular weight is 592 g/mol. The molecule has 2 heterocycles. The minimum Gasteiger partial charge on any atom is -0.399 e. The second-order valence-corrected chi connectivity index (χ2v) is 9.41. The summed E-state index contributed by atoms with van der Waals surface area (Å²) in [7, 11) is 0. The van der Waals surface area contributed by atoms with Crippen LogP contribution in [0.3, 0.4) is 0 Å². The second kappa shape index (κ2) is 12.5. The number of nitrogens with zero attached hydrogens (tertiary/aromatic N) is 3. The van der Waals surface area contributed by atoms with E-state index in [1.807, 2.05) is 0 Å². The van der Waals surface area contributed by atoms with Crippen molar-refractivity contribution in [1.29, 1.82) is 0 Å². The summed E-state index contributed by atoms with van der Waals surface area (Å²) < 4.78 is 96.9. The fraction of sp³-hybridized carbons (Fsp3) is 0.207. The van der Waals surface area contributed by atoms with E-state index in [-0.39, 0.29) is 28.9 Å². The number of aromatic nitrogens is 3. The normalized spacial score (nSPS) is 12.1. The Bertz CT molecular complexity index is 1620. The number of pyridine rings is 1. The van der Waals surface area contributed by atoms with Crippen LogP contribution in [-0.2, 0) is 17.8 Å². The van der Waals surface area contributed by atoms with Crippen LogP contribution in [0.15, 0.2) is 61.3 Å². The molecule has 0 fully saturated rings. The third kappa shape index (κ3) is 6.61. The van der Waals surface area contributed by atoms with Crippen LogP contribution in [0.25, 0.3) is 16.8 Å². The van der Waals surface area contributed by atoms with E-state index in [0.717, 1.165) is 25.1 Å². The smallest absolute Gasteiger partial charge is 0.282 e. The molecule has 4 rings (SSSR count). The standard InChI is InChI=1S/C29H24F7N5O/c1-14-25(28(33)34)40-41(27(14)29(35)36)13-24(42)39-23(10-16-8-18(30)12-19(31)9-16)26-20(4-3-7-38-26)17-5-6-22(32)21(11-17)15(2)37/h3-9,11-12,23,28-29H,2,10,13,37H2,1H3,(H,39,42)/t23-/m0/s1. The molecule has 2 aromatic heterocycles. The molecule has 0 aliphatic rings. The first kappa shape index (κ1) is 30.3. The van der Waals surface area contributed by atoms with Crippen molar-refractivity contribution < 1.29 is 35.5 Å². The van der Waals surface area contributed by atoms with Crippen molar-refractivity contribution in [2.75, 3.05) is 0 Å². The van der Waals surface area contributed by atoms with Gasteiger partial charge < -0.3 is 11.1 Å². The number of amides is 1. The fourth-order valence-corrected chi connectivity index (χ4v) is 4.62. The molecule has 0 saturated heterocycles. The average Bonchev–Trinajstić information content (AvgIpc) is 3.23. The van der Waals surface area contributed by atoms with Crippen LogP contribution in [-0.4, -0.2) is 20.7 Å². The van der Waals surface area contributed by atoms with Crippen LogP contribution in [0, 0.1) is 24.4 Å². The molecule has 0 aliphatic carbocycles. The Morgan fingerprint density at radius 3 is 2.31 bits per heavy atom. The van der Waals surface area contributed by atoms with Crippen molar-refractivity contribution in [3.8, 4) is 11.1 Å². The van der Waals surface area contributed by atoms with Gasteiger partial charge in [-0.05, 0) is 54.8 Å². The van der Waals surface area contributed by atoms with Crippen LogP contribution in [0.4, 0.5) is 30.7 Å². The molecule has 1 amide bonds. The molecular formula is C29H24F7N5O. The Morgan fingerprint density at radius 1 is 1.00 bits per heavy atom. The lowest BCUT2D eigenvalue weighted by Gasteiger charge is -2.22. The molecule has 2 aromatic carbocycles. The maximum atomic E-state index is 14.3. The Balaban J connectivity index is 1.76. The lowest BCUT2D eigenvalue weighted by atomic mass is 9.94. The van der Waals surface area contributed by atoms with Crippen molar-refractivity contribution in [3.05, 3.63) is 113 Å². The summed E-state index contributed by atoms with van der Waals surface area (Å²) in [5.41, 5.74) is 4.58. The molecule has 42 heavy (non-hydrogen) atoms. The predicted molar refractivity (Wildman–Crippen MR) is 141 cm³/mol. The van der Waals surface area contributed by atoms with E-state index in [1.165, 1.54) is 18.3 Å². The molecule has 13 heteroatoms. The van der Waals surface area contributed by atoms with Crippen molar-refractivity contribution in [2.45, 2.75) is 38.8 Å². The molecule has 6 nitrogen and oxygen atoms in total. The molecular weight excluding hydrogens is 567 g/mol. The van der Waals surface area contributed by atoms with Crippen LogP contribution < -0.4 is 11.1 Å². The van der Waals surface area contributed by atoms with Crippen molar-refractivity contribution in [2.24, 2.45) is 5.73 Å². The fourth-order valence-electron chi connectivity index (χ4n) is 4.62. The highest BCUT2D eigenvalue weighted by Crippen LogP contribution is 2.32. The molecule has 4 aromatic rings. The first-order valence-electron chi connectivity index (χ1n) is 12.4. The number of hydrogen-bond donors (Lipinski definition) is 2. The summed E-state index contributed by atoms with van der Waals surface area (Å²) in [6.45, 7) is 3.74. The lowest BCUT2D eigenvalue weighted by Crippen LogP contribution is -2.34. The first-order chi connectivity index (χ1) is 19.8. The van der Waals surface area contributed by atoms with Gasteiger partial charge in [0.2, 0.25) is 5.91 Å². The second-order valence-electron chi connectivity index (χ2n) is 9.41. The van der Waals surface area contributed by atoms with Gasteiger partial charge in [0.05, 0.1) is 11.7 Å². The van der Waals surface area contributed by atoms with Gasteiger partial charge in [-0.15, -0.1) is 0 Å². The number of halogens is 7. The summed E-state index contributed by atoms with van der Waals surface area (Å²) in [4.78, 5) is 17.5. The molecule has 0 aliphatic heterocycles. The van der Waals surface area contributed by atoms with Crippen molar-refractivity contribution >= 4 is 11.6 Å². The third-order valence-corrected chi connectivity index (χ3v) is 6.47. The van der Waals surface area contributed by atoms with Gasteiger partial charge in [0.25, 0.3) is 12.9 Å². The predicted octanol–water partition coefficient (Wildman–Crippen LogP) is 6.58. The molecule has 0 saturated carbocycles. The Morgan fingerprint density at radius 2 is 1.69 bits per heavy atom. The summed E-state index contributed by atoms with van der Waals surface area (Å²) in [5.74, 6) is -3.32. The van der Waals surface area contributed by atoms with Gasteiger partial charge in [-0.1, -0.05) is 18.7 Å². The van der Waals surface area contributed by atoms with Crippen LogP contribution in [0.5, 0.6) is 0 Å². The van der Waals surface area contributed by atoms with E-state index in [4.69, 9.17) is 5.73 Å². The van der Waals surface area contributed by atoms with Gasteiger partial charge in [0.15, 0.2) is 0 Å². The van der Waals surface area contributed by atoms with E-state index in [9.17, 15) is 35.5 Å². The Kier molecular flexibility index (Phi) is 8.98. The summed E-state index contributed by atoms with van der Waals surface area (Å²) in [5, 5.41) is 6.11. The largest absolute Gasteiger partial charge is 0.399 e. The number of nitrogens with one attached hydrogen (secondary N) is 1. The number of benzene rings is 2. The number of nitrogens with two attached hydrogens (primary N) is 1. The highest BCUT2D eigenvalue weighted by Gasteiger charge is 2.28. The van der Waals surface area contributed by atoms with E-state index in [1.54, 1.807) is 12.1 Å². The van der Waals surface area contributed by atoms with Gasteiger partial charge in [-0.25, -0.2) is 30.7 Å². The van der Waals surface area contributed by atoms with E-state index in [2.05, 4.69) is 22.0 Å². The lowest BCUT2D eigenvalue weighted by molar-refractivity contribution is -0.122. The summed E-state index contributed by atoms with van der Waals surface area (Å²) in [6, 6.07) is 8.78. The molecule has 0 spiro atoms. The Labute approximate surface area is 235 Å². The third-order valence-electron chi connectivity index (χ3n) is 6.47. The summed E-state index contributed by atoms with van der Waals surface area (Å²) >= 11 is 0. The molecule has 220 valence electrons. The van der Waals surface area contributed by atoms with Crippen molar-refractivity contribution in [1.82, 2.24) is 20.1 Å². The minimum atomic E-state index is -3.20. The SMILES string of the molecule is C=C(N)c1cc(-c2cccnc2[C@H](Cc2cc(F)cc(F)c2)NC(=O)Cn2nc(C(F)F)c(C)c2C(F)F)ccc1F. The topological polar surface area (TPSA) is 85.8 Å². The number of alkyl halides is 4. The quantitative estimate of drug-likeness (QED) is 0.204. The highest BCUT2D eigenvalue weighted by atomic mass is 19.3. The molecule has 1 atom stereocenters. The van der Waals surface area contributed by atoms with Crippen LogP contribution in [0.2, 0.25) is 0 Å². The first-order valence-corrected chi connectivity index (χ1v) is 12.4. The van der Waals surface area contributed by atoms with Gasteiger partial charge in [-0.3, -0.25) is 14.5 Å². The minimum absolute atomic E-state index is 0.0125. The zero-order chi connectivity index (χ0) is 30.7. The van der Waals surface area contributed by atoms with Gasteiger partial charge >= 0.3 is 0 Å². The number of rotatable bonds is 10. The van der Waals surface area contributed by atoms with Crippen LogP contribution >= 0.6 is 0 Å². The number of hydrogen-bond acceptors (Lipinski definition) is 4. The number of carbonyl (C=O) groups is 1. The van der Waals surface area contributed by atoms with Gasteiger partial charge in [0.1, 0.15) is 35.4 Å². The molecule has 0 unspecified atom stereocenters. The maximum Gasteiger partial charge on any atom is 0.282 e. The monoisotopic (exact) mass is 591 g/mol. The summed E-state index contributed by atoms with van der Waals surface area (Å²) in [6.07, 6.45) is -5.18. The number of carbonyl (C=O) groups excluding carboxylic acids is 1. The zero-order valence-corrected chi connectivity index (χ0v) is 22.0. The molecule has 0 bridgehead atoms. The van der Waals surface area contributed by atoms with E-state index < -0.39 is 65.7 Å². The van der Waals surface area contributed by atoms with E-state index in [0.29, 0.717) is 21.9 Å². The highest BCUT2D eigenvalue weighted by molar-refractivity contribution is 5.78. The van der Waals surface area contributed by atoms with E-state index >= 15 is 0 Å². The maximum absolute atomic E-state index is 14.3.